The van der Waals surface area contributed by atoms with Crippen LogP contribution in [0.15, 0.2) is 59.6 Å². The van der Waals surface area contributed by atoms with Gasteiger partial charge in [0.1, 0.15) is 5.75 Å². The summed E-state index contributed by atoms with van der Waals surface area (Å²) in [5, 5.41) is 6.60. The van der Waals surface area contributed by atoms with E-state index in [1.54, 1.807) is 7.11 Å². The van der Waals surface area contributed by atoms with Crippen molar-refractivity contribution >= 4 is 41.3 Å². The van der Waals surface area contributed by atoms with Gasteiger partial charge in [-0.3, -0.25) is 4.99 Å². The fraction of sp³-hybridized carbons (Fsp3) is 0.316. The lowest BCUT2D eigenvalue weighted by atomic mass is 10.0. The summed E-state index contributed by atoms with van der Waals surface area (Å²) in [6, 6.07) is 17.9. The van der Waals surface area contributed by atoms with E-state index in [2.05, 4.69) is 41.6 Å². The Morgan fingerprint density at radius 2 is 1.76 bits per heavy atom. The molecule has 0 aliphatic rings. The van der Waals surface area contributed by atoms with Crippen molar-refractivity contribution in [2.75, 3.05) is 24.3 Å². The third-order valence-electron chi connectivity index (χ3n) is 3.73. The molecule has 136 valence electrons. The van der Waals surface area contributed by atoms with Crippen molar-refractivity contribution in [1.29, 1.82) is 0 Å². The number of guanidine groups is 1. The molecule has 0 saturated carbocycles. The lowest BCUT2D eigenvalue weighted by Crippen LogP contribution is -2.31. The minimum absolute atomic E-state index is 0. The van der Waals surface area contributed by atoms with Crippen LogP contribution in [0.4, 0.5) is 11.4 Å². The second-order valence-electron chi connectivity index (χ2n) is 5.94. The van der Waals surface area contributed by atoms with E-state index in [1.165, 1.54) is 0 Å². The summed E-state index contributed by atoms with van der Waals surface area (Å²) in [6.45, 7) is 4.93. The Morgan fingerprint density at radius 3 is 2.40 bits per heavy atom. The molecule has 5 nitrogen and oxygen atoms in total. The molecule has 0 amide bonds. The fourth-order valence-electron chi connectivity index (χ4n) is 2.26. The molecule has 2 aromatic carbocycles. The molecule has 0 aliphatic heterocycles. The minimum Gasteiger partial charge on any atom is -0.497 e. The Balaban J connectivity index is 0.00000312. The first-order chi connectivity index (χ1) is 11.6. The molecule has 0 bridgehead atoms. The van der Waals surface area contributed by atoms with Crippen LogP contribution < -0.4 is 21.1 Å². The third kappa shape index (κ3) is 7.21. The number of halogens is 1. The van der Waals surface area contributed by atoms with Crippen LogP contribution in [0.1, 0.15) is 13.8 Å². The maximum absolute atomic E-state index is 6.01. The van der Waals surface area contributed by atoms with Crippen LogP contribution in [0, 0.1) is 5.92 Å². The SMILES string of the molecule is COc1cccc(NC(N)=NCC(Nc2ccccc2)C(C)C)c1.I. The number of benzene rings is 2. The van der Waals surface area contributed by atoms with Gasteiger partial charge >= 0.3 is 0 Å². The first-order valence-electron chi connectivity index (χ1n) is 8.11. The predicted octanol–water partition coefficient (Wildman–Crippen LogP) is 4.18. The number of para-hydroxylation sites is 1. The molecular formula is C19H27IN4O. The van der Waals surface area contributed by atoms with Gasteiger partial charge in [0, 0.05) is 23.5 Å². The van der Waals surface area contributed by atoms with E-state index >= 15 is 0 Å². The molecule has 1 atom stereocenters. The van der Waals surface area contributed by atoms with E-state index < -0.39 is 0 Å². The van der Waals surface area contributed by atoms with Crippen LogP contribution in [-0.2, 0) is 0 Å². The summed E-state index contributed by atoms with van der Waals surface area (Å²) in [5.41, 5.74) is 7.95. The second-order valence-corrected chi connectivity index (χ2v) is 5.94. The van der Waals surface area contributed by atoms with Crippen LogP contribution in [0.2, 0.25) is 0 Å². The highest BCUT2D eigenvalue weighted by Gasteiger charge is 2.12. The Hall–Kier alpha value is -1.96. The number of nitrogens with zero attached hydrogens (tertiary/aromatic N) is 1. The Bertz CT molecular complexity index is 661. The van der Waals surface area contributed by atoms with Crippen molar-refractivity contribution in [3.63, 3.8) is 0 Å². The van der Waals surface area contributed by atoms with Gasteiger partial charge in [-0.05, 0) is 30.2 Å². The highest BCUT2D eigenvalue weighted by atomic mass is 127. The van der Waals surface area contributed by atoms with Crippen molar-refractivity contribution in [2.45, 2.75) is 19.9 Å². The van der Waals surface area contributed by atoms with E-state index in [9.17, 15) is 0 Å². The van der Waals surface area contributed by atoms with Crippen LogP contribution in [0.3, 0.4) is 0 Å². The van der Waals surface area contributed by atoms with Gasteiger partial charge in [-0.25, -0.2) is 0 Å². The van der Waals surface area contributed by atoms with E-state index in [4.69, 9.17) is 10.5 Å². The first kappa shape index (κ1) is 21.1. The number of aliphatic imine (C=N–C) groups is 1. The number of hydrogen-bond donors (Lipinski definition) is 3. The Morgan fingerprint density at radius 1 is 1.08 bits per heavy atom. The molecule has 0 fully saturated rings. The standard InChI is InChI=1S/C19H26N4O.HI/c1-14(2)18(22-15-8-5-4-6-9-15)13-21-19(20)23-16-10-7-11-17(12-16)24-3;/h4-12,14,18,22H,13H2,1-3H3,(H3,20,21,23);1H. The van der Waals surface area contributed by atoms with Crippen molar-refractivity contribution in [1.82, 2.24) is 0 Å². The molecule has 0 saturated heterocycles. The van der Waals surface area contributed by atoms with Gasteiger partial charge in [-0.2, -0.15) is 0 Å². The molecule has 2 rings (SSSR count). The highest BCUT2D eigenvalue weighted by molar-refractivity contribution is 14.0. The van der Waals surface area contributed by atoms with Crippen molar-refractivity contribution in [3.8, 4) is 5.75 Å². The van der Waals surface area contributed by atoms with Gasteiger partial charge in [0.05, 0.1) is 13.7 Å². The molecule has 0 heterocycles. The third-order valence-corrected chi connectivity index (χ3v) is 3.73. The predicted molar refractivity (Wildman–Crippen MR) is 117 cm³/mol. The molecule has 6 heteroatoms. The van der Waals surface area contributed by atoms with Gasteiger partial charge in [-0.1, -0.05) is 38.1 Å². The van der Waals surface area contributed by atoms with Gasteiger partial charge in [0.25, 0.3) is 0 Å². The molecular weight excluding hydrogens is 427 g/mol. The smallest absolute Gasteiger partial charge is 0.193 e. The molecule has 0 spiro atoms. The zero-order chi connectivity index (χ0) is 17.4. The lowest BCUT2D eigenvalue weighted by molar-refractivity contribution is 0.415. The Kier molecular flexibility index (Phi) is 9.12. The summed E-state index contributed by atoms with van der Waals surface area (Å²) >= 11 is 0. The molecule has 25 heavy (non-hydrogen) atoms. The zero-order valence-electron chi connectivity index (χ0n) is 14.9. The fourth-order valence-corrected chi connectivity index (χ4v) is 2.26. The summed E-state index contributed by atoms with van der Waals surface area (Å²) in [4.78, 5) is 4.47. The first-order valence-corrected chi connectivity index (χ1v) is 8.11. The number of anilines is 2. The zero-order valence-corrected chi connectivity index (χ0v) is 17.2. The monoisotopic (exact) mass is 454 g/mol. The minimum atomic E-state index is 0. The van der Waals surface area contributed by atoms with Crippen LogP contribution >= 0.6 is 24.0 Å². The highest BCUT2D eigenvalue weighted by Crippen LogP contribution is 2.16. The van der Waals surface area contributed by atoms with E-state index in [0.717, 1.165) is 17.1 Å². The number of nitrogens with two attached hydrogens (primary N) is 1. The number of ether oxygens (including phenoxy) is 1. The summed E-state index contributed by atoms with van der Waals surface area (Å²) in [6.07, 6.45) is 0. The molecule has 2 aromatic rings. The van der Waals surface area contributed by atoms with Gasteiger partial charge < -0.3 is 21.1 Å². The lowest BCUT2D eigenvalue weighted by Gasteiger charge is -2.22. The van der Waals surface area contributed by atoms with Crippen molar-refractivity contribution in [2.24, 2.45) is 16.6 Å². The normalized spacial score (nSPS) is 12.2. The molecule has 1 unspecified atom stereocenters. The number of nitrogens with one attached hydrogen (secondary N) is 2. The van der Waals surface area contributed by atoms with Gasteiger partial charge in [0.2, 0.25) is 0 Å². The quantitative estimate of drug-likeness (QED) is 0.334. The summed E-state index contributed by atoms with van der Waals surface area (Å²) < 4.78 is 5.20. The summed E-state index contributed by atoms with van der Waals surface area (Å²) in [7, 11) is 1.64. The second kappa shape index (κ2) is 10.8. The van der Waals surface area contributed by atoms with Crippen LogP contribution in [0.25, 0.3) is 0 Å². The van der Waals surface area contributed by atoms with Crippen molar-refractivity contribution < 1.29 is 4.74 Å². The van der Waals surface area contributed by atoms with Crippen LogP contribution in [0.5, 0.6) is 5.75 Å². The molecule has 4 N–H and O–H groups in total. The molecule has 0 aliphatic carbocycles. The van der Waals surface area contributed by atoms with E-state index in [1.807, 2.05) is 42.5 Å². The average molecular weight is 454 g/mol. The maximum atomic E-state index is 6.01. The van der Waals surface area contributed by atoms with Gasteiger partial charge in [-0.15, -0.1) is 24.0 Å². The average Bonchev–Trinajstić information content (AvgIpc) is 2.59. The van der Waals surface area contributed by atoms with Gasteiger partial charge in [0.15, 0.2) is 5.96 Å². The molecule has 0 radical (unpaired) electrons. The number of hydrogen-bond acceptors (Lipinski definition) is 3. The van der Waals surface area contributed by atoms with E-state index in [-0.39, 0.29) is 30.0 Å². The Labute approximate surface area is 167 Å². The van der Waals surface area contributed by atoms with Crippen LogP contribution in [-0.4, -0.2) is 25.7 Å². The maximum Gasteiger partial charge on any atom is 0.193 e. The molecule has 0 aromatic heterocycles. The van der Waals surface area contributed by atoms with Crippen molar-refractivity contribution in [3.05, 3.63) is 54.6 Å². The summed E-state index contributed by atoms with van der Waals surface area (Å²) in [5.74, 6) is 1.60. The number of methoxy groups -OCH3 is 1. The number of rotatable bonds is 7. The largest absolute Gasteiger partial charge is 0.497 e. The topological polar surface area (TPSA) is 71.7 Å². The van der Waals surface area contributed by atoms with E-state index in [0.29, 0.717) is 18.4 Å².